The summed E-state index contributed by atoms with van der Waals surface area (Å²) in [7, 11) is 3.83. The molecule has 1 aromatic carbocycles. The van der Waals surface area contributed by atoms with Crippen LogP contribution in [-0.2, 0) is 13.6 Å². The minimum atomic E-state index is 0.735. The molecule has 0 aliphatic heterocycles. The second-order valence-corrected chi connectivity index (χ2v) is 4.26. The number of benzene rings is 1. The molecule has 0 bridgehead atoms. The first-order chi connectivity index (χ1) is 7.16. The second kappa shape index (κ2) is 4.05. The lowest BCUT2D eigenvalue weighted by Crippen LogP contribution is -2.05. The van der Waals surface area contributed by atoms with E-state index < -0.39 is 0 Å². The van der Waals surface area contributed by atoms with Crippen LogP contribution in [0.15, 0.2) is 18.2 Å². The number of fused-ring (bicyclic) bond motifs is 1. The molecule has 2 nitrogen and oxygen atoms in total. The van der Waals surface area contributed by atoms with Crippen molar-refractivity contribution in [3.8, 4) is 0 Å². The van der Waals surface area contributed by atoms with Crippen molar-refractivity contribution in [1.29, 1.82) is 0 Å². The maximum atomic E-state index is 6.25. The quantitative estimate of drug-likeness (QED) is 0.856. The summed E-state index contributed by atoms with van der Waals surface area (Å²) in [6, 6.07) is 5.86. The van der Waals surface area contributed by atoms with Crippen LogP contribution >= 0.6 is 23.2 Å². The van der Waals surface area contributed by atoms with Crippen LogP contribution in [0.2, 0.25) is 10.2 Å². The molecule has 4 heteroatoms. The number of para-hydroxylation sites is 1. The van der Waals surface area contributed by atoms with Gasteiger partial charge in [0, 0.05) is 24.5 Å². The number of aryl methyl sites for hydroxylation is 1. The van der Waals surface area contributed by atoms with Crippen molar-refractivity contribution in [2.75, 3.05) is 7.05 Å². The molecule has 2 rings (SSSR count). The molecule has 0 saturated heterocycles. The molecule has 0 atom stereocenters. The molecule has 1 N–H and O–H groups in total. The van der Waals surface area contributed by atoms with Crippen molar-refractivity contribution in [2.24, 2.45) is 7.05 Å². The Morgan fingerprint density at radius 1 is 1.33 bits per heavy atom. The number of aromatic nitrogens is 1. The highest BCUT2D eigenvalue weighted by Crippen LogP contribution is 2.33. The van der Waals surface area contributed by atoms with Crippen molar-refractivity contribution in [3.63, 3.8) is 0 Å². The fourth-order valence-corrected chi connectivity index (χ4v) is 2.41. The zero-order chi connectivity index (χ0) is 11.0. The van der Waals surface area contributed by atoms with E-state index in [1.807, 2.05) is 36.9 Å². The molecule has 0 spiro atoms. The highest BCUT2D eigenvalue weighted by Gasteiger charge is 2.14. The molecule has 0 aliphatic carbocycles. The third-order valence-electron chi connectivity index (χ3n) is 2.54. The summed E-state index contributed by atoms with van der Waals surface area (Å²) >= 11 is 12.4. The Balaban J connectivity index is 2.81. The van der Waals surface area contributed by atoms with Crippen LogP contribution in [0, 0.1) is 0 Å². The smallest absolute Gasteiger partial charge is 0.114 e. The van der Waals surface area contributed by atoms with E-state index in [0.717, 1.165) is 33.2 Å². The Kier molecular flexibility index (Phi) is 2.91. The van der Waals surface area contributed by atoms with Crippen LogP contribution in [0.25, 0.3) is 10.9 Å². The Labute approximate surface area is 98.8 Å². The Morgan fingerprint density at radius 3 is 2.73 bits per heavy atom. The first kappa shape index (κ1) is 10.8. The highest BCUT2D eigenvalue weighted by atomic mass is 35.5. The summed E-state index contributed by atoms with van der Waals surface area (Å²) in [5.41, 5.74) is 2.09. The molecule has 0 aliphatic rings. The molecular weight excluding hydrogens is 231 g/mol. The summed E-state index contributed by atoms with van der Waals surface area (Å²) in [4.78, 5) is 0. The number of hydrogen-bond acceptors (Lipinski definition) is 1. The second-order valence-electron chi connectivity index (χ2n) is 3.49. The van der Waals surface area contributed by atoms with E-state index in [0.29, 0.717) is 0 Å². The van der Waals surface area contributed by atoms with Crippen molar-refractivity contribution in [2.45, 2.75) is 6.54 Å². The third-order valence-corrected chi connectivity index (χ3v) is 3.33. The predicted octanol–water partition coefficient (Wildman–Crippen LogP) is 3.20. The number of nitrogens with one attached hydrogen (secondary N) is 1. The minimum Gasteiger partial charge on any atom is -0.333 e. The Morgan fingerprint density at radius 2 is 2.07 bits per heavy atom. The molecule has 0 amide bonds. The largest absolute Gasteiger partial charge is 0.333 e. The molecule has 15 heavy (non-hydrogen) atoms. The molecule has 0 saturated carbocycles. The van der Waals surface area contributed by atoms with Gasteiger partial charge in [0.25, 0.3) is 0 Å². The van der Waals surface area contributed by atoms with E-state index in [2.05, 4.69) is 5.32 Å². The van der Waals surface area contributed by atoms with Gasteiger partial charge in [-0.1, -0.05) is 35.3 Å². The number of hydrogen-bond donors (Lipinski definition) is 1. The van der Waals surface area contributed by atoms with Gasteiger partial charge in [0.15, 0.2) is 0 Å². The average molecular weight is 243 g/mol. The zero-order valence-corrected chi connectivity index (χ0v) is 10.2. The zero-order valence-electron chi connectivity index (χ0n) is 8.64. The molecule has 0 fully saturated rings. The van der Waals surface area contributed by atoms with E-state index in [1.54, 1.807) is 0 Å². The van der Waals surface area contributed by atoms with Gasteiger partial charge in [-0.3, -0.25) is 0 Å². The first-order valence-corrected chi connectivity index (χ1v) is 5.48. The molecule has 0 unspecified atom stereocenters. The summed E-state index contributed by atoms with van der Waals surface area (Å²) in [6.07, 6.45) is 0. The van der Waals surface area contributed by atoms with Gasteiger partial charge in [0.2, 0.25) is 0 Å². The Bertz CT molecular complexity index is 503. The molecule has 1 aromatic heterocycles. The number of nitrogens with zero attached hydrogens (tertiary/aromatic N) is 1. The van der Waals surface area contributed by atoms with Gasteiger partial charge in [-0.15, -0.1) is 0 Å². The van der Waals surface area contributed by atoms with Gasteiger partial charge < -0.3 is 9.88 Å². The average Bonchev–Trinajstić information content (AvgIpc) is 2.45. The molecule has 1 heterocycles. The van der Waals surface area contributed by atoms with Gasteiger partial charge in [-0.05, 0) is 13.1 Å². The van der Waals surface area contributed by atoms with E-state index in [9.17, 15) is 0 Å². The van der Waals surface area contributed by atoms with Crippen LogP contribution in [0.1, 0.15) is 5.56 Å². The van der Waals surface area contributed by atoms with Crippen LogP contribution in [0.3, 0.4) is 0 Å². The Hall–Kier alpha value is -0.700. The van der Waals surface area contributed by atoms with E-state index in [1.165, 1.54) is 0 Å². The molecule has 0 radical (unpaired) electrons. The maximum absolute atomic E-state index is 6.25. The molecule has 2 aromatic rings. The van der Waals surface area contributed by atoms with Gasteiger partial charge >= 0.3 is 0 Å². The number of rotatable bonds is 2. The lowest BCUT2D eigenvalue weighted by atomic mass is 10.2. The minimum absolute atomic E-state index is 0.735. The van der Waals surface area contributed by atoms with E-state index >= 15 is 0 Å². The monoisotopic (exact) mass is 242 g/mol. The molecule has 80 valence electrons. The van der Waals surface area contributed by atoms with Crippen LogP contribution in [0.4, 0.5) is 0 Å². The SMILES string of the molecule is CNCc1c(Cl)n(C)c2c(Cl)cccc12. The van der Waals surface area contributed by atoms with Crippen LogP contribution < -0.4 is 5.32 Å². The number of halogens is 2. The topological polar surface area (TPSA) is 17.0 Å². The normalized spacial score (nSPS) is 11.2. The van der Waals surface area contributed by atoms with Gasteiger partial charge in [0.05, 0.1) is 10.5 Å². The highest BCUT2D eigenvalue weighted by molar-refractivity contribution is 6.37. The lowest BCUT2D eigenvalue weighted by Gasteiger charge is -1.98. The van der Waals surface area contributed by atoms with Crippen LogP contribution in [0.5, 0.6) is 0 Å². The van der Waals surface area contributed by atoms with Crippen molar-refractivity contribution in [3.05, 3.63) is 33.9 Å². The van der Waals surface area contributed by atoms with Crippen molar-refractivity contribution >= 4 is 34.1 Å². The molecular formula is C11H12Cl2N2. The standard InChI is InChI=1S/C11H12Cl2N2/c1-14-6-8-7-4-3-5-9(12)10(7)15(2)11(8)13/h3-5,14H,6H2,1-2H3. The lowest BCUT2D eigenvalue weighted by molar-refractivity contribution is 0.816. The maximum Gasteiger partial charge on any atom is 0.114 e. The van der Waals surface area contributed by atoms with Crippen molar-refractivity contribution < 1.29 is 0 Å². The predicted molar refractivity (Wildman–Crippen MR) is 65.7 cm³/mol. The first-order valence-electron chi connectivity index (χ1n) is 4.72. The summed E-state index contributed by atoms with van der Waals surface area (Å²) in [5.74, 6) is 0. The van der Waals surface area contributed by atoms with Crippen molar-refractivity contribution in [1.82, 2.24) is 9.88 Å². The van der Waals surface area contributed by atoms with Crippen LogP contribution in [-0.4, -0.2) is 11.6 Å². The van der Waals surface area contributed by atoms with E-state index in [-0.39, 0.29) is 0 Å². The van der Waals surface area contributed by atoms with Gasteiger partial charge in [-0.25, -0.2) is 0 Å². The van der Waals surface area contributed by atoms with Gasteiger partial charge in [0.1, 0.15) is 5.15 Å². The third kappa shape index (κ3) is 1.63. The summed E-state index contributed by atoms with van der Waals surface area (Å²) < 4.78 is 1.92. The fourth-order valence-electron chi connectivity index (χ4n) is 1.86. The van der Waals surface area contributed by atoms with Gasteiger partial charge in [-0.2, -0.15) is 0 Å². The van der Waals surface area contributed by atoms with E-state index in [4.69, 9.17) is 23.2 Å². The summed E-state index contributed by atoms with van der Waals surface area (Å²) in [6.45, 7) is 0.747. The summed E-state index contributed by atoms with van der Waals surface area (Å²) in [5, 5.41) is 5.70. The fraction of sp³-hybridized carbons (Fsp3) is 0.273.